The van der Waals surface area contributed by atoms with Gasteiger partial charge < -0.3 is 18.1 Å². The summed E-state index contributed by atoms with van der Waals surface area (Å²) in [4.78, 5) is 0. The van der Waals surface area contributed by atoms with Crippen LogP contribution in [0.4, 0.5) is 0 Å². The maximum absolute atomic E-state index is 12.5. The fourth-order valence-corrected chi connectivity index (χ4v) is 5.65. The van der Waals surface area contributed by atoms with E-state index < -0.39 is 15.2 Å². The van der Waals surface area contributed by atoms with E-state index in [4.69, 9.17) is 18.1 Å². The molecule has 0 aromatic heterocycles. The van der Waals surface area contributed by atoms with Crippen LogP contribution in [0.1, 0.15) is 38.8 Å². The molecule has 0 atom stereocenters. The largest absolute Gasteiger partial charge is 0.335 e. The van der Waals surface area contributed by atoms with Crippen LogP contribution in [0, 0.1) is 0 Å². The zero-order valence-corrected chi connectivity index (χ0v) is 16.7. The Labute approximate surface area is 144 Å². The van der Waals surface area contributed by atoms with Crippen molar-refractivity contribution in [2.24, 2.45) is 0 Å². The highest BCUT2D eigenvalue weighted by atomic mass is 31.2. The zero-order chi connectivity index (χ0) is 18.1. The van der Waals surface area contributed by atoms with Crippen LogP contribution < -0.4 is 0 Å². The molecule has 0 N–H and O–H groups in total. The molecule has 0 aliphatic carbocycles. The molecule has 0 fully saturated rings. The molecule has 0 spiro atoms. The predicted molar refractivity (Wildman–Crippen MR) is 95.6 cm³/mol. The van der Waals surface area contributed by atoms with Gasteiger partial charge in [-0.3, -0.25) is 9.13 Å². The van der Waals surface area contributed by atoms with Gasteiger partial charge in [0.25, 0.3) is 0 Å². The first-order valence-corrected chi connectivity index (χ1v) is 11.7. The maximum Gasteiger partial charge on any atom is 0.335 e. The summed E-state index contributed by atoms with van der Waals surface area (Å²) in [6, 6.07) is 7.34. The Morgan fingerprint density at radius 3 is 1.08 bits per heavy atom. The highest BCUT2D eigenvalue weighted by Gasteiger charge is 2.26. The van der Waals surface area contributed by atoms with Crippen molar-refractivity contribution >= 4 is 15.2 Å². The molecule has 8 heteroatoms. The molecule has 0 radical (unpaired) electrons. The molecule has 0 unspecified atom stereocenters. The summed E-state index contributed by atoms with van der Waals surface area (Å²) in [6.07, 6.45) is 0.424. The molecular weight excluding hydrogens is 350 g/mol. The molecule has 0 saturated carbocycles. The molecule has 1 aromatic rings. The predicted octanol–water partition coefficient (Wildman–Crippen LogP) is 5.22. The SMILES string of the molecule is CCOP(=O)(Cc1ccc(CP(=O)(OCC)OCC)cc1)OCC. The van der Waals surface area contributed by atoms with E-state index >= 15 is 0 Å². The van der Waals surface area contributed by atoms with Crippen LogP contribution in [-0.4, -0.2) is 26.4 Å². The Balaban J connectivity index is 2.81. The van der Waals surface area contributed by atoms with E-state index in [9.17, 15) is 9.13 Å². The van der Waals surface area contributed by atoms with Gasteiger partial charge in [0.2, 0.25) is 0 Å². The Hall–Kier alpha value is -0.480. The van der Waals surface area contributed by atoms with E-state index in [1.165, 1.54) is 0 Å². The normalized spacial score (nSPS) is 12.5. The minimum atomic E-state index is -3.12. The van der Waals surface area contributed by atoms with Crippen molar-refractivity contribution in [2.75, 3.05) is 26.4 Å². The fraction of sp³-hybridized carbons (Fsp3) is 0.625. The highest BCUT2D eigenvalue weighted by molar-refractivity contribution is 7.53. The van der Waals surface area contributed by atoms with Gasteiger partial charge >= 0.3 is 15.2 Å². The number of hydrogen-bond donors (Lipinski definition) is 0. The Morgan fingerprint density at radius 2 is 0.875 bits per heavy atom. The topological polar surface area (TPSA) is 71.1 Å². The lowest BCUT2D eigenvalue weighted by molar-refractivity contribution is 0.218. The minimum Gasteiger partial charge on any atom is -0.309 e. The molecule has 0 heterocycles. The van der Waals surface area contributed by atoms with Crippen LogP contribution in [0.5, 0.6) is 0 Å². The summed E-state index contributed by atoms with van der Waals surface area (Å²) in [6.45, 7) is 8.48. The van der Waals surface area contributed by atoms with Gasteiger partial charge in [0, 0.05) is 0 Å². The van der Waals surface area contributed by atoms with E-state index in [1.54, 1.807) is 27.7 Å². The van der Waals surface area contributed by atoms with Crippen LogP contribution in [-0.2, 0) is 39.5 Å². The minimum absolute atomic E-state index is 0.212. The second kappa shape index (κ2) is 10.5. The standard InChI is InChI=1S/C16H28O6P2/c1-5-19-23(17,20-6-2)13-15-9-11-16(12-10-15)14-24(18,21-7-3)22-8-4/h9-12H,5-8,13-14H2,1-4H3. The van der Waals surface area contributed by atoms with E-state index in [0.717, 1.165) is 11.1 Å². The molecule has 0 saturated heterocycles. The molecule has 0 bridgehead atoms. The van der Waals surface area contributed by atoms with Gasteiger partial charge in [0.05, 0.1) is 38.8 Å². The fourth-order valence-electron chi connectivity index (χ4n) is 2.24. The Bertz CT molecular complexity index is 501. The monoisotopic (exact) mass is 378 g/mol. The first kappa shape index (κ1) is 21.6. The van der Waals surface area contributed by atoms with Crippen LogP contribution in [0.3, 0.4) is 0 Å². The van der Waals surface area contributed by atoms with E-state index in [0.29, 0.717) is 26.4 Å². The van der Waals surface area contributed by atoms with Crippen molar-refractivity contribution in [1.29, 1.82) is 0 Å². The third-order valence-electron chi connectivity index (χ3n) is 3.08. The van der Waals surface area contributed by atoms with Gasteiger partial charge in [-0.15, -0.1) is 0 Å². The average Bonchev–Trinajstić information content (AvgIpc) is 2.50. The van der Waals surface area contributed by atoms with Crippen molar-refractivity contribution in [3.05, 3.63) is 35.4 Å². The Morgan fingerprint density at radius 1 is 0.625 bits per heavy atom. The summed E-state index contributed by atoms with van der Waals surface area (Å²) >= 11 is 0. The molecule has 1 rings (SSSR count). The number of rotatable bonds is 12. The highest BCUT2D eigenvalue weighted by Crippen LogP contribution is 2.52. The first-order chi connectivity index (χ1) is 11.4. The second-order valence-corrected chi connectivity index (χ2v) is 9.13. The molecule has 24 heavy (non-hydrogen) atoms. The molecule has 6 nitrogen and oxygen atoms in total. The maximum atomic E-state index is 12.5. The van der Waals surface area contributed by atoms with E-state index in [2.05, 4.69) is 0 Å². The van der Waals surface area contributed by atoms with Crippen molar-refractivity contribution in [1.82, 2.24) is 0 Å². The quantitative estimate of drug-likeness (QED) is 0.465. The van der Waals surface area contributed by atoms with Gasteiger partial charge in [-0.25, -0.2) is 0 Å². The second-order valence-electron chi connectivity index (χ2n) is 5.03. The van der Waals surface area contributed by atoms with Crippen LogP contribution in [0.15, 0.2) is 24.3 Å². The molecule has 0 aliphatic heterocycles. The zero-order valence-electron chi connectivity index (χ0n) is 14.9. The van der Waals surface area contributed by atoms with Gasteiger partial charge in [0.15, 0.2) is 0 Å². The van der Waals surface area contributed by atoms with E-state index in [-0.39, 0.29) is 12.3 Å². The smallest absolute Gasteiger partial charge is 0.309 e. The molecule has 138 valence electrons. The van der Waals surface area contributed by atoms with Crippen molar-refractivity contribution in [3.63, 3.8) is 0 Å². The van der Waals surface area contributed by atoms with Gasteiger partial charge in [-0.2, -0.15) is 0 Å². The lowest BCUT2D eigenvalue weighted by atomic mass is 10.2. The van der Waals surface area contributed by atoms with Crippen LogP contribution in [0.25, 0.3) is 0 Å². The molecule has 0 aliphatic rings. The third kappa shape index (κ3) is 7.18. The summed E-state index contributed by atoms with van der Waals surface area (Å²) < 4.78 is 46.3. The van der Waals surface area contributed by atoms with Crippen LogP contribution >= 0.6 is 15.2 Å². The number of hydrogen-bond acceptors (Lipinski definition) is 6. The molecular formula is C16H28O6P2. The first-order valence-electron chi connectivity index (χ1n) is 8.24. The average molecular weight is 378 g/mol. The lowest BCUT2D eigenvalue weighted by Crippen LogP contribution is -2.00. The van der Waals surface area contributed by atoms with Crippen molar-refractivity contribution in [2.45, 2.75) is 40.0 Å². The molecule has 0 amide bonds. The Kier molecular flexibility index (Phi) is 9.43. The van der Waals surface area contributed by atoms with Gasteiger partial charge in [0.1, 0.15) is 0 Å². The summed E-state index contributed by atoms with van der Waals surface area (Å²) in [5.74, 6) is 0. The summed E-state index contributed by atoms with van der Waals surface area (Å²) in [7, 11) is -6.25. The van der Waals surface area contributed by atoms with Gasteiger partial charge in [-0.05, 0) is 38.8 Å². The third-order valence-corrected chi connectivity index (χ3v) is 7.19. The van der Waals surface area contributed by atoms with E-state index in [1.807, 2.05) is 24.3 Å². The van der Waals surface area contributed by atoms with Crippen molar-refractivity contribution in [3.8, 4) is 0 Å². The summed E-state index contributed by atoms with van der Waals surface area (Å²) in [5.41, 5.74) is 1.68. The summed E-state index contributed by atoms with van der Waals surface area (Å²) in [5, 5.41) is 0. The van der Waals surface area contributed by atoms with Crippen molar-refractivity contribution < 1.29 is 27.2 Å². The molecule has 1 aromatic carbocycles. The van der Waals surface area contributed by atoms with Crippen LogP contribution in [0.2, 0.25) is 0 Å². The number of benzene rings is 1. The van der Waals surface area contributed by atoms with Gasteiger partial charge in [-0.1, -0.05) is 24.3 Å². The lowest BCUT2D eigenvalue weighted by Gasteiger charge is -2.18.